The van der Waals surface area contributed by atoms with Gasteiger partial charge >= 0.3 is 5.97 Å². The highest BCUT2D eigenvalue weighted by molar-refractivity contribution is 7.88. The van der Waals surface area contributed by atoms with E-state index in [9.17, 15) is 18.3 Å². The summed E-state index contributed by atoms with van der Waals surface area (Å²) in [7, 11) is -3.70. The minimum absolute atomic E-state index is 0.260. The highest BCUT2D eigenvalue weighted by atomic mass is 32.2. The van der Waals surface area contributed by atoms with Gasteiger partial charge in [0.25, 0.3) is 0 Å². The third-order valence-corrected chi connectivity index (χ3v) is 4.32. The molecule has 7 heteroatoms. The predicted octanol–water partition coefficient (Wildman–Crippen LogP) is 0.558. The van der Waals surface area contributed by atoms with Crippen LogP contribution in [0.25, 0.3) is 0 Å². The number of benzene rings is 1. The van der Waals surface area contributed by atoms with E-state index in [4.69, 9.17) is 5.11 Å². The van der Waals surface area contributed by atoms with Crippen LogP contribution in [-0.4, -0.2) is 36.7 Å². The van der Waals surface area contributed by atoms with Crippen molar-refractivity contribution in [3.63, 3.8) is 0 Å². The van der Waals surface area contributed by atoms with Gasteiger partial charge in [-0.1, -0.05) is 18.2 Å². The van der Waals surface area contributed by atoms with Crippen molar-refractivity contribution in [2.24, 2.45) is 0 Å². The van der Waals surface area contributed by atoms with Crippen LogP contribution in [0.5, 0.6) is 0 Å². The van der Waals surface area contributed by atoms with Crippen molar-refractivity contribution in [2.75, 3.05) is 6.54 Å². The molecule has 1 aromatic carbocycles. The summed E-state index contributed by atoms with van der Waals surface area (Å²) >= 11 is 0. The van der Waals surface area contributed by atoms with Crippen molar-refractivity contribution in [3.05, 3.63) is 34.9 Å². The molecule has 3 N–H and O–H groups in total. The maximum Gasteiger partial charge on any atom is 0.336 e. The van der Waals surface area contributed by atoms with Gasteiger partial charge in [0.15, 0.2) is 5.60 Å². The van der Waals surface area contributed by atoms with Crippen LogP contribution in [0.4, 0.5) is 0 Å². The molecule has 0 saturated carbocycles. The molecule has 0 fully saturated rings. The number of carbonyl (C=O) groups is 1. The quantitative estimate of drug-likeness (QED) is 0.712. The van der Waals surface area contributed by atoms with E-state index in [0.717, 1.165) is 18.1 Å². The molecule has 1 aromatic rings. The standard InChI is InChI=1S/C13H19NO5S/c1-9-4-5-11(6-10(9)2)7-20(18,19)14-8-13(3,17)12(15)16/h4-6,14,17H,7-8H2,1-3H3,(H,15,16). The molecule has 0 spiro atoms. The lowest BCUT2D eigenvalue weighted by atomic mass is 10.1. The van der Waals surface area contributed by atoms with E-state index >= 15 is 0 Å². The minimum atomic E-state index is -3.70. The molecule has 6 nitrogen and oxygen atoms in total. The summed E-state index contributed by atoms with van der Waals surface area (Å²) in [6, 6.07) is 5.30. The number of rotatable bonds is 6. The maximum absolute atomic E-state index is 11.9. The highest BCUT2D eigenvalue weighted by Crippen LogP contribution is 2.12. The van der Waals surface area contributed by atoms with Crippen LogP contribution in [0.1, 0.15) is 23.6 Å². The van der Waals surface area contributed by atoms with Gasteiger partial charge in [0, 0.05) is 6.54 Å². The lowest BCUT2D eigenvalue weighted by molar-refractivity contribution is -0.155. The zero-order valence-electron chi connectivity index (χ0n) is 11.7. The summed E-state index contributed by atoms with van der Waals surface area (Å²) in [6.07, 6.45) is 0. The second-order valence-corrected chi connectivity index (χ2v) is 6.88. The molecule has 0 amide bonds. The number of hydrogen-bond acceptors (Lipinski definition) is 4. The number of hydrogen-bond donors (Lipinski definition) is 3. The number of carboxylic acids is 1. The molecule has 1 unspecified atom stereocenters. The monoisotopic (exact) mass is 301 g/mol. The van der Waals surface area contributed by atoms with Crippen molar-refractivity contribution < 1.29 is 23.4 Å². The second-order valence-electron chi connectivity index (χ2n) is 5.08. The molecule has 0 saturated heterocycles. The third-order valence-electron chi connectivity index (χ3n) is 3.03. The lowest BCUT2D eigenvalue weighted by Gasteiger charge is -2.18. The first-order valence-corrected chi connectivity index (χ1v) is 7.68. The Morgan fingerprint density at radius 3 is 2.40 bits per heavy atom. The normalized spacial score (nSPS) is 14.8. The first kappa shape index (κ1) is 16.6. The fourth-order valence-corrected chi connectivity index (χ4v) is 2.71. The average Bonchev–Trinajstić information content (AvgIpc) is 2.31. The molecule has 0 aliphatic heterocycles. The first-order chi connectivity index (χ1) is 9.03. The van der Waals surface area contributed by atoms with Gasteiger partial charge in [-0.25, -0.2) is 17.9 Å². The number of aliphatic carboxylic acids is 1. The fourth-order valence-electron chi connectivity index (χ4n) is 1.49. The molecule has 0 aliphatic carbocycles. The zero-order chi connectivity index (χ0) is 15.6. The lowest BCUT2D eigenvalue weighted by Crippen LogP contribution is -2.46. The van der Waals surface area contributed by atoms with Crippen molar-refractivity contribution in [3.8, 4) is 0 Å². The Balaban J connectivity index is 2.75. The van der Waals surface area contributed by atoms with Crippen LogP contribution in [-0.2, 0) is 20.6 Å². The molecule has 1 atom stereocenters. The first-order valence-electron chi connectivity index (χ1n) is 6.03. The summed E-state index contributed by atoms with van der Waals surface area (Å²) < 4.78 is 25.8. The Kier molecular flexibility index (Phi) is 4.90. The largest absolute Gasteiger partial charge is 0.479 e. The van der Waals surface area contributed by atoms with Gasteiger partial charge in [-0.2, -0.15) is 0 Å². The van der Waals surface area contributed by atoms with Gasteiger partial charge in [-0.05, 0) is 37.5 Å². The summed E-state index contributed by atoms with van der Waals surface area (Å²) in [5, 5.41) is 18.2. The smallest absolute Gasteiger partial charge is 0.336 e. The summed E-state index contributed by atoms with van der Waals surface area (Å²) in [5.41, 5.74) is 0.523. The van der Waals surface area contributed by atoms with Crippen molar-refractivity contribution in [2.45, 2.75) is 32.1 Å². The Hall–Kier alpha value is -1.44. The Bertz CT molecular complexity index is 607. The Labute approximate surface area is 118 Å². The molecule has 0 bridgehead atoms. The summed E-state index contributed by atoms with van der Waals surface area (Å²) in [6.45, 7) is 4.27. The average molecular weight is 301 g/mol. The highest BCUT2D eigenvalue weighted by Gasteiger charge is 2.31. The molecule has 0 heterocycles. The molecular weight excluding hydrogens is 282 g/mol. The molecule has 0 aromatic heterocycles. The second kappa shape index (κ2) is 5.90. The molecule has 1 rings (SSSR count). The van der Waals surface area contributed by atoms with E-state index in [0.29, 0.717) is 5.56 Å². The maximum atomic E-state index is 11.9. The van der Waals surface area contributed by atoms with Crippen LogP contribution in [0.2, 0.25) is 0 Å². The van der Waals surface area contributed by atoms with E-state index in [-0.39, 0.29) is 5.75 Å². The van der Waals surface area contributed by atoms with Crippen LogP contribution in [0.3, 0.4) is 0 Å². The van der Waals surface area contributed by atoms with Crippen molar-refractivity contribution in [1.82, 2.24) is 4.72 Å². The van der Waals surface area contributed by atoms with Crippen LogP contribution in [0, 0.1) is 13.8 Å². The fraction of sp³-hybridized carbons (Fsp3) is 0.462. The van der Waals surface area contributed by atoms with Gasteiger partial charge in [-0.3, -0.25) is 0 Å². The van der Waals surface area contributed by atoms with Crippen LogP contribution >= 0.6 is 0 Å². The van der Waals surface area contributed by atoms with E-state index < -0.39 is 28.1 Å². The minimum Gasteiger partial charge on any atom is -0.479 e. The van der Waals surface area contributed by atoms with E-state index in [1.54, 1.807) is 12.1 Å². The van der Waals surface area contributed by atoms with Gasteiger partial charge in [0.2, 0.25) is 10.0 Å². The summed E-state index contributed by atoms with van der Waals surface area (Å²) in [4.78, 5) is 10.7. The van der Waals surface area contributed by atoms with Crippen molar-refractivity contribution >= 4 is 16.0 Å². The molecule has 0 radical (unpaired) electrons. The topological polar surface area (TPSA) is 104 Å². The predicted molar refractivity (Wildman–Crippen MR) is 74.8 cm³/mol. The van der Waals surface area contributed by atoms with Gasteiger partial charge in [-0.15, -0.1) is 0 Å². The van der Waals surface area contributed by atoms with E-state index in [2.05, 4.69) is 4.72 Å². The number of carboxylic acid groups (broad SMARTS) is 1. The van der Waals surface area contributed by atoms with Crippen molar-refractivity contribution in [1.29, 1.82) is 0 Å². The number of aliphatic hydroxyl groups is 1. The SMILES string of the molecule is Cc1ccc(CS(=O)(=O)NCC(C)(O)C(=O)O)cc1C. The van der Waals surface area contributed by atoms with Gasteiger partial charge in [0.1, 0.15) is 0 Å². The van der Waals surface area contributed by atoms with Crippen LogP contribution in [0.15, 0.2) is 18.2 Å². The molecule has 20 heavy (non-hydrogen) atoms. The Morgan fingerprint density at radius 2 is 1.90 bits per heavy atom. The summed E-state index contributed by atoms with van der Waals surface area (Å²) in [5.74, 6) is -1.74. The molecular formula is C13H19NO5S. The van der Waals surface area contributed by atoms with E-state index in [1.807, 2.05) is 19.9 Å². The molecule has 0 aliphatic rings. The van der Waals surface area contributed by atoms with Gasteiger partial charge < -0.3 is 10.2 Å². The number of nitrogens with one attached hydrogen (secondary N) is 1. The molecule has 112 valence electrons. The number of aryl methyl sites for hydroxylation is 2. The third kappa shape index (κ3) is 4.59. The van der Waals surface area contributed by atoms with Gasteiger partial charge in [0.05, 0.1) is 5.75 Å². The number of sulfonamides is 1. The zero-order valence-corrected chi connectivity index (χ0v) is 12.5. The van der Waals surface area contributed by atoms with E-state index in [1.165, 1.54) is 0 Å². The Morgan fingerprint density at radius 1 is 1.30 bits per heavy atom. The van der Waals surface area contributed by atoms with Crippen LogP contribution < -0.4 is 4.72 Å².